The van der Waals surface area contributed by atoms with Crippen LogP contribution >= 0.6 is 23.2 Å². The number of carbonyl (C=O) groups excluding carboxylic acids is 1. The van der Waals surface area contributed by atoms with Crippen molar-refractivity contribution in [2.75, 3.05) is 7.05 Å². The lowest BCUT2D eigenvalue weighted by molar-refractivity contribution is 0.0838. The Bertz CT molecular complexity index is 819. The molecule has 1 amide bonds. The van der Waals surface area contributed by atoms with E-state index >= 15 is 0 Å². The molecule has 26 heavy (non-hydrogen) atoms. The molecule has 4 rings (SSSR count). The van der Waals surface area contributed by atoms with Crippen molar-refractivity contribution in [2.45, 2.75) is 43.3 Å². The second kappa shape index (κ2) is 6.84. The first-order chi connectivity index (χ1) is 12.5. The Hall–Kier alpha value is -1.62. The van der Waals surface area contributed by atoms with E-state index in [1.165, 1.54) is 19.0 Å². The molecular weight excluding hydrogens is 369 g/mol. The lowest BCUT2D eigenvalue weighted by Crippen LogP contribution is -2.51. The quantitative estimate of drug-likeness (QED) is 0.783. The Labute approximate surface area is 163 Å². The van der Waals surface area contributed by atoms with Gasteiger partial charge < -0.3 is 5.32 Å². The highest BCUT2D eigenvalue weighted by atomic mass is 35.5. The average Bonchev–Trinajstić information content (AvgIpc) is 3.15. The van der Waals surface area contributed by atoms with Crippen LogP contribution in [0.25, 0.3) is 0 Å². The van der Waals surface area contributed by atoms with Crippen molar-refractivity contribution in [3.63, 3.8) is 0 Å². The summed E-state index contributed by atoms with van der Waals surface area (Å²) in [7, 11) is 2.18. The van der Waals surface area contributed by atoms with Crippen LogP contribution in [0.2, 0.25) is 10.2 Å². The minimum atomic E-state index is -0.216. The number of amides is 1. The molecule has 0 radical (unpaired) electrons. The van der Waals surface area contributed by atoms with E-state index in [9.17, 15) is 4.79 Å². The van der Waals surface area contributed by atoms with Gasteiger partial charge in [-0.15, -0.1) is 0 Å². The number of likely N-dealkylation sites (N-methyl/N-ethyl adjacent to an activating group) is 1. The van der Waals surface area contributed by atoms with Crippen LogP contribution in [-0.4, -0.2) is 34.4 Å². The molecule has 0 aliphatic carbocycles. The largest absolute Gasteiger partial charge is 0.343 e. The van der Waals surface area contributed by atoms with Crippen LogP contribution in [0.5, 0.6) is 0 Å². The molecule has 1 N–H and O–H groups in total. The zero-order valence-electron chi connectivity index (χ0n) is 14.6. The molecule has 1 aromatic carbocycles. The molecule has 4 nitrogen and oxygen atoms in total. The Morgan fingerprint density at radius 3 is 2.54 bits per heavy atom. The van der Waals surface area contributed by atoms with Crippen LogP contribution in [0.1, 0.15) is 47.6 Å². The van der Waals surface area contributed by atoms with Crippen molar-refractivity contribution < 1.29 is 4.79 Å². The molecule has 1 atom stereocenters. The number of halogens is 2. The number of nitrogens with zero attached hydrogens (tertiary/aromatic N) is 2. The molecule has 3 heterocycles. The fraction of sp³-hybridized carbons (Fsp3) is 0.400. The highest BCUT2D eigenvalue weighted by Gasteiger charge is 2.54. The molecule has 2 aliphatic heterocycles. The van der Waals surface area contributed by atoms with Gasteiger partial charge in [0.15, 0.2) is 0 Å². The first-order valence-electron chi connectivity index (χ1n) is 8.92. The van der Waals surface area contributed by atoms with E-state index in [4.69, 9.17) is 23.2 Å². The van der Waals surface area contributed by atoms with E-state index < -0.39 is 0 Å². The second-order valence-electron chi connectivity index (χ2n) is 7.23. The van der Waals surface area contributed by atoms with Gasteiger partial charge in [-0.1, -0.05) is 53.5 Å². The van der Waals surface area contributed by atoms with Crippen LogP contribution < -0.4 is 5.32 Å². The summed E-state index contributed by atoms with van der Waals surface area (Å²) in [5.41, 5.74) is 1.43. The summed E-state index contributed by atoms with van der Waals surface area (Å²) in [4.78, 5) is 19.4. The van der Waals surface area contributed by atoms with Gasteiger partial charge in [0, 0.05) is 17.8 Å². The smallest absolute Gasteiger partial charge is 0.253 e. The van der Waals surface area contributed by atoms with Gasteiger partial charge in [0.05, 0.1) is 16.6 Å². The van der Waals surface area contributed by atoms with Gasteiger partial charge in [-0.05, 0) is 44.4 Å². The molecule has 2 bridgehead atoms. The van der Waals surface area contributed by atoms with E-state index in [-0.39, 0.29) is 27.7 Å². The highest BCUT2D eigenvalue weighted by molar-refractivity contribution is 6.43. The summed E-state index contributed by atoms with van der Waals surface area (Å²) in [6.45, 7) is 0. The van der Waals surface area contributed by atoms with Crippen molar-refractivity contribution in [3.05, 3.63) is 63.9 Å². The minimum absolute atomic E-state index is 0.0506. The number of pyridine rings is 1. The maximum absolute atomic E-state index is 13.0. The van der Waals surface area contributed by atoms with E-state index in [1.807, 2.05) is 18.2 Å². The van der Waals surface area contributed by atoms with Crippen LogP contribution in [0, 0.1) is 0 Å². The summed E-state index contributed by atoms with van der Waals surface area (Å²) in [6.07, 6.45) is 6.03. The van der Waals surface area contributed by atoms with Gasteiger partial charge in [0.2, 0.25) is 0 Å². The van der Waals surface area contributed by atoms with Crippen LogP contribution in [0.15, 0.2) is 42.6 Å². The van der Waals surface area contributed by atoms with Gasteiger partial charge in [0.25, 0.3) is 5.91 Å². The molecule has 2 saturated heterocycles. The Morgan fingerprint density at radius 2 is 1.92 bits per heavy atom. The Balaban J connectivity index is 1.71. The molecule has 6 heteroatoms. The third kappa shape index (κ3) is 2.81. The van der Waals surface area contributed by atoms with Crippen molar-refractivity contribution >= 4 is 29.1 Å². The standard InChI is InChI=1S/C20H21Cl2N3O/c1-25-14-7-10-20(25,11-8-14)17(13-5-3-2-4-6-13)24-19(26)15-9-12-23-18(22)16(15)21/h2-6,9,12,14,17H,7-8,10-11H2,1H3,(H,24,26). The normalized spacial score (nSPS) is 26.0. The molecule has 0 spiro atoms. The SMILES string of the molecule is CN1C2CCC1(C(NC(=O)c1ccnc(Cl)c1Cl)c1ccccc1)CC2. The lowest BCUT2D eigenvalue weighted by Gasteiger charge is -2.41. The number of fused-ring (bicyclic) bond motifs is 2. The van der Waals surface area contributed by atoms with E-state index in [0.29, 0.717) is 11.6 Å². The molecule has 136 valence electrons. The zero-order valence-corrected chi connectivity index (χ0v) is 16.1. The fourth-order valence-corrected chi connectivity index (χ4v) is 5.03. The van der Waals surface area contributed by atoms with Crippen LogP contribution in [0.3, 0.4) is 0 Å². The number of hydrogen-bond acceptors (Lipinski definition) is 3. The molecule has 1 unspecified atom stereocenters. The third-order valence-electron chi connectivity index (χ3n) is 6.11. The molecule has 2 aromatic rings. The Morgan fingerprint density at radius 1 is 1.23 bits per heavy atom. The van der Waals surface area contributed by atoms with E-state index in [0.717, 1.165) is 18.4 Å². The van der Waals surface area contributed by atoms with Gasteiger partial charge in [-0.2, -0.15) is 0 Å². The summed E-state index contributed by atoms with van der Waals surface area (Å²) in [5.74, 6) is -0.216. The predicted octanol–water partition coefficient (Wildman–Crippen LogP) is 4.49. The first-order valence-corrected chi connectivity index (χ1v) is 9.67. The summed E-state index contributed by atoms with van der Waals surface area (Å²) in [5, 5.41) is 3.60. The number of nitrogens with one attached hydrogen (secondary N) is 1. The maximum Gasteiger partial charge on any atom is 0.253 e. The number of rotatable bonds is 4. The van der Waals surface area contributed by atoms with Gasteiger partial charge in [-0.25, -0.2) is 4.98 Å². The minimum Gasteiger partial charge on any atom is -0.343 e. The number of benzene rings is 1. The number of carbonyl (C=O) groups is 1. The topological polar surface area (TPSA) is 45.2 Å². The third-order valence-corrected chi connectivity index (χ3v) is 6.87. The van der Waals surface area contributed by atoms with Gasteiger partial charge >= 0.3 is 0 Å². The fourth-order valence-electron chi connectivity index (χ4n) is 4.67. The molecule has 2 aliphatic rings. The summed E-state index contributed by atoms with van der Waals surface area (Å²) in [6, 6.07) is 12.3. The van der Waals surface area contributed by atoms with Gasteiger partial charge in [0.1, 0.15) is 5.15 Å². The number of aromatic nitrogens is 1. The maximum atomic E-state index is 13.0. The molecule has 0 saturated carbocycles. The van der Waals surface area contributed by atoms with Crippen molar-refractivity contribution in [1.29, 1.82) is 0 Å². The van der Waals surface area contributed by atoms with Gasteiger partial charge in [-0.3, -0.25) is 9.69 Å². The Kier molecular flexibility index (Phi) is 4.68. The predicted molar refractivity (Wildman–Crippen MR) is 104 cm³/mol. The number of hydrogen-bond donors (Lipinski definition) is 1. The molecular formula is C20H21Cl2N3O. The van der Waals surface area contributed by atoms with Crippen LogP contribution in [0.4, 0.5) is 0 Å². The van der Waals surface area contributed by atoms with Crippen molar-refractivity contribution in [2.24, 2.45) is 0 Å². The van der Waals surface area contributed by atoms with Crippen molar-refractivity contribution in [3.8, 4) is 0 Å². The van der Waals surface area contributed by atoms with E-state index in [1.54, 1.807) is 6.07 Å². The second-order valence-corrected chi connectivity index (χ2v) is 7.96. The molecule has 2 fully saturated rings. The molecule has 1 aromatic heterocycles. The van der Waals surface area contributed by atoms with E-state index in [2.05, 4.69) is 34.4 Å². The zero-order chi connectivity index (χ0) is 18.3. The highest BCUT2D eigenvalue weighted by Crippen LogP contribution is 2.51. The van der Waals surface area contributed by atoms with Crippen molar-refractivity contribution in [1.82, 2.24) is 15.2 Å². The summed E-state index contributed by atoms with van der Waals surface area (Å²) < 4.78 is 0. The monoisotopic (exact) mass is 389 g/mol. The lowest BCUT2D eigenvalue weighted by atomic mass is 9.78. The average molecular weight is 390 g/mol. The van der Waals surface area contributed by atoms with Crippen LogP contribution in [-0.2, 0) is 0 Å². The first kappa shape index (κ1) is 17.8. The summed E-state index contributed by atoms with van der Waals surface area (Å²) >= 11 is 12.2.